The molecule has 0 aliphatic carbocycles. The SMILES string of the molecule is Cc1nc2ccccc2n1CC(CBr)C(C)C. The van der Waals surface area contributed by atoms with Crippen molar-refractivity contribution in [3.63, 3.8) is 0 Å². The lowest BCUT2D eigenvalue weighted by molar-refractivity contribution is 0.374. The first-order chi connectivity index (χ1) is 8.13. The maximum absolute atomic E-state index is 4.61. The van der Waals surface area contributed by atoms with Gasteiger partial charge in [-0.2, -0.15) is 0 Å². The third kappa shape index (κ3) is 2.54. The van der Waals surface area contributed by atoms with Gasteiger partial charge >= 0.3 is 0 Å². The van der Waals surface area contributed by atoms with E-state index < -0.39 is 0 Å². The molecule has 0 aliphatic rings. The van der Waals surface area contributed by atoms with Crippen molar-refractivity contribution >= 4 is 27.0 Å². The predicted octanol–water partition coefficient (Wildman–Crippen LogP) is 4.01. The van der Waals surface area contributed by atoms with Crippen LogP contribution in [0, 0.1) is 18.8 Å². The molecule has 0 fully saturated rings. The highest BCUT2D eigenvalue weighted by Crippen LogP contribution is 2.21. The number of nitrogens with zero attached hydrogens (tertiary/aromatic N) is 2. The number of aryl methyl sites for hydroxylation is 1. The maximum atomic E-state index is 4.61. The molecular weight excluding hydrogens is 276 g/mol. The van der Waals surface area contributed by atoms with Crippen molar-refractivity contribution in [1.82, 2.24) is 9.55 Å². The van der Waals surface area contributed by atoms with Gasteiger partial charge < -0.3 is 4.57 Å². The van der Waals surface area contributed by atoms with Gasteiger partial charge in [-0.1, -0.05) is 41.9 Å². The molecule has 92 valence electrons. The molecule has 1 aromatic carbocycles. The van der Waals surface area contributed by atoms with Crippen molar-refractivity contribution in [2.24, 2.45) is 11.8 Å². The molecule has 1 unspecified atom stereocenters. The minimum absolute atomic E-state index is 0.645. The number of halogens is 1. The quantitative estimate of drug-likeness (QED) is 0.779. The highest BCUT2D eigenvalue weighted by atomic mass is 79.9. The summed E-state index contributed by atoms with van der Waals surface area (Å²) in [6.07, 6.45) is 0. The molecule has 3 heteroatoms. The van der Waals surface area contributed by atoms with Gasteiger partial charge in [0.2, 0.25) is 0 Å². The summed E-state index contributed by atoms with van der Waals surface area (Å²) in [7, 11) is 0. The Balaban J connectivity index is 2.37. The first-order valence-electron chi connectivity index (χ1n) is 6.11. The molecule has 0 bridgehead atoms. The van der Waals surface area contributed by atoms with E-state index in [1.165, 1.54) is 5.52 Å². The average molecular weight is 295 g/mol. The molecule has 0 spiro atoms. The second kappa shape index (κ2) is 5.21. The zero-order valence-electron chi connectivity index (χ0n) is 10.7. The molecule has 0 saturated heterocycles. The van der Waals surface area contributed by atoms with Gasteiger partial charge in [-0.05, 0) is 30.9 Å². The number of aromatic nitrogens is 2. The van der Waals surface area contributed by atoms with Gasteiger partial charge in [0.15, 0.2) is 0 Å². The first-order valence-corrected chi connectivity index (χ1v) is 7.23. The Hall–Kier alpha value is -0.830. The standard InChI is InChI=1S/C14H19BrN2/c1-10(2)12(8-15)9-17-11(3)16-13-6-4-5-7-14(13)17/h4-7,10,12H,8-9H2,1-3H3. The third-order valence-electron chi connectivity index (χ3n) is 3.40. The lowest BCUT2D eigenvalue weighted by Gasteiger charge is -2.20. The number of fused-ring (bicyclic) bond motifs is 1. The Morgan fingerprint density at radius 3 is 2.65 bits per heavy atom. The molecule has 0 radical (unpaired) electrons. The van der Waals surface area contributed by atoms with Gasteiger partial charge in [-0.25, -0.2) is 4.98 Å². The van der Waals surface area contributed by atoms with Gasteiger partial charge in [-0.3, -0.25) is 0 Å². The molecule has 0 aliphatic heterocycles. The molecule has 1 atom stereocenters. The normalized spacial score (nSPS) is 13.5. The molecule has 0 N–H and O–H groups in total. The molecular formula is C14H19BrN2. The van der Waals surface area contributed by atoms with Gasteiger partial charge in [0, 0.05) is 11.9 Å². The monoisotopic (exact) mass is 294 g/mol. The van der Waals surface area contributed by atoms with E-state index in [1.807, 2.05) is 6.07 Å². The van der Waals surface area contributed by atoms with Crippen molar-refractivity contribution in [3.8, 4) is 0 Å². The zero-order valence-corrected chi connectivity index (χ0v) is 12.2. The Morgan fingerprint density at radius 2 is 2.00 bits per heavy atom. The van der Waals surface area contributed by atoms with Crippen LogP contribution in [0.1, 0.15) is 19.7 Å². The number of rotatable bonds is 4. The lowest BCUT2D eigenvalue weighted by atomic mass is 9.98. The van der Waals surface area contributed by atoms with E-state index in [9.17, 15) is 0 Å². The molecule has 17 heavy (non-hydrogen) atoms. The highest BCUT2D eigenvalue weighted by Gasteiger charge is 2.15. The number of benzene rings is 1. The second-order valence-corrected chi connectivity index (χ2v) is 5.56. The Bertz CT molecular complexity index is 502. The predicted molar refractivity (Wildman–Crippen MR) is 76.6 cm³/mol. The van der Waals surface area contributed by atoms with Crippen LogP contribution in [0.5, 0.6) is 0 Å². The van der Waals surface area contributed by atoms with E-state index in [0.717, 1.165) is 23.2 Å². The van der Waals surface area contributed by atoms with E-state index in [0.29, 0.717) is 11.8 Å². The molecule has 1 heterocycles. The fraction of sp³-hybridized carbons (Fsp3) is 0.500. The molecule has 0 saturated carbocycles. The fourth-order valence-electron chi connectivity index (χ4n) is 2.10. The number of hydrogen-bond donors (Lipinski definition) is 0. The van der Waals surface area contributed by atoms with Crippen LogP contribution in [0.4, 0.5) is 0 Å². The van der Waals surface area contributed by atoms with Crippen LogP contribution in [0.3, 0.4) is 0 Å². The van der Waals surface area contributed by atoms with Crippen LogP contribution in [-0.4, -0.2) is 14.9 Å². The summed E-state index contributed by atoms with van der Waals surface area (Å²) in [5.41, 5.74) is 2.35. The number of alkyl halides is 1. The fourth-order valence-corrected chi connectivity index (χ4v) is 3.05. The smallest absolute Gasteiger partial charge is 0.106 e. The van der Waals surface area contributed by atoms with Gasteiger partial charge in [0.05, 0.1) is 11.0 Å². The highest BCUT2D eigenvalue weighted by molar-refractivity contribution is 9.09. The summed E-state index contributed by atoms with van der Waals surface area (Å²) in [6.45, 7) is 7.68. The Morgan fingerprint density at radius 1 is 1.29 bits per heavy atom. The van der Waals surface area contributed by atoms with E-state index >= 15 is 0 Å². The summed E-state index contributed by atoms with van der Waals surface area (Å²) in [4.78, 5) is 4.61. The van der Waals surface area contributed by atoms with E-state index in [2.05, 4.69) is 64.5 Å². The number of hydrogen-bond acceptors (Lipinski definition) is 1. The summed E-state index contributed by atoms with van der Waals surface area (Å²) in [5.74, 6) is 2.43. The van der Waals surface area contributed by atoms with E-state index in [4.69, 9.17) is 0 Å². The van der Waals surface area contributed by atoms with Crippen molar-refractivity contribution < 1.29 is 0 Å². The van der Waals surface area contributed by atoms with E-state index in [-0.39, 0.29) is 0 Å². The zero-order chi connectivity index (χ0) is 12.4. The van der Waals surface area contributed by atoms with Crippen LogP contribution in [0.2, 0.25) is 0 Å². The first kappa shape index (κ1) is 12.6. The van der Waals surface area contributed by atoms with Gasteiger partial charge in [0.1, 0.15) is 5.82 Å². The summed E-state index contributed by atoms with van der Waals surface area (Å²) in [6, 6.07) is 8.36. The van der Waals surface area contributed by atoms with Crippen molar-refractivity contribution in [2.45, 2.75) is 27.3 Å². The third-order valence-corrected chi connectivity index (χ3v) is 4.24. The van der Waals surface area contributed by atoms with Crippen molar-refractivity contribution in [3.05, 3.63) is 30.1 Å². The minimum Gasteiger partial charge on any atom is -0.328 e. The number of imidazole rings is 1. The van der Waals surface area contributed by atoms with Gasteiger partial charge in [-0.15, -0.1) is 0 Å². The molecule has 2 nitrogen and oxygen atoms in total. The van der Waals surface area contributed by atoms with Crippen LogP contribution < -0.4 is 0 Å². The van der Waals surface area contributed by atoms with Crippen molar-refractivity contribution in [1.29, 1.82) is 0 Å². The largest absolute Gasteiger partial charge is 0.328 e. The second-order valence-electron chi connectivity index (χ2n) is 4.92. The summed E-state index contributed by atoms with van der Waals surface area (Å²) < 4.78 is 2.33. The Labute approximate surface area is 111 Å². The van der Waals surface area contributed by atoms with Crippen LogP contribution in [0.25, 0.3) is 11.0 Å². The molecule has 0 amide bonds. The minimum atomic E-state index is 0.645. The van der Waals surface area contributed by atoms with Crippen LogP contribution >= 0.6 is 15.9 Å². The Kier molecular flexibility index (Phi) is 3.87. The molecule has 2 aromatic rings. The van der Waals surface area contributed by atoms with Crippen molar-refractivity contribution in [2.75, 3.05) is 5.33 Å². The van der Waals surface area contributed by atoms with Gasteiger partial charge in [0.25, 0.3) is 0 Å². The number of para-hydroxylation sites is 2. The average Bonchev–Trinajstić information content (AvgIpc) is 2.61. The topological polar surface area (TPSA) is 17.8 Å². The summed E-state index contributed by atoms with van der Waals surface area (Å²) in [5, 5.41) is 1.04. The molecule has 2 rings (SSSR count). The maximum Gasteiger partial charge on any atom is 0.106 e. The molecule has 1 aromatic heterocycles. The van der Waals surface area contributed by atoms with Crippen LogP contribution in [-0.2, 0) is 6.54 Å². The van der Waals surface area contributed by atoms with E-state index in [1.54, 1.807) is 0 Å². The van der Waals surface area contributed by atoms with Crippen LogP contribution in [0.15, 0.2) is 24.3 Å². The summed E-state index contributed by atoms with van der Waals surface area (Å²) >= 11 is 3.62. The lowest BCUT2D eigenvalue weighted by Crippen LogP contribution is -2.18.